The predicted molar refractivity (Wildman–Crippen MR) is 45.4 cm³/mol. The highest BCUT2D eigenvalue weighted by Gasteiger charge is 2.05. The Kier molecular flexibility index (Phi) is 1.57. The van der Waals surface area contributed by atoms with Crippen molar-refractivity contribution in [2.45, 2.75) is 13.3 Å². The molecule has 1 aromatic carbocycles. The van der Waals surface area contributed by atoms with Crippen molar-refractivity contribution < 1.29 is 4.39 Å². The molecule has 0 bridgehead atoms. The molecular formula is C9H9FN2. The number of benzene rings is 1. The molecule has 0 atom stereocenters. The lowest BCUT2D eigenvalue weighted by Crippen LogP contribution is -1.84. The molecule has 3 heteroatoms. The quantitative estimate of drug-likeness (QED) is 0.688. The number of hydrogen-bond donors (Lipinski definition) is 1. The molecule has 2 rings (SSSR count). The fraction of sp³-hybridized carbons (Fsp3) is 0.222. The number of H-pyrrole nitrogens is 1. The molecule has 0 aliphatic rings. The molecule has 0 radical (unpaired) electrons. The van der Waals surface area contributed by atoms with Crippen LogP contribution in [0.1, 0.15) is 12.5 Å². The Balaban J connectivity index is 2.82. The number of halogens is 1. The smallest absolute Gasteiger partial charge is 0.148 e. The number of hydrogen-bond acceptors (Lipinski definition) is 1. The summed E-state index contributed by atoms with van der Waals surface area (Å²) in [6.45, 7) is 2.04. The highest BCUT2D eigenvalue weighted by atomic mass is 19.1. The number of rotatable bonds is 1. The molecule has 0 spiro atoms. The molecule has 0 unspecified atom stereocenters. The van der Waals surface area contributed by atoms with Gasteiger partial charge in [-0.15, -0.1) is 0 Å². The lowest BCUT2D eigenvalue weighted by Gasteiger charge is -1.98. The van der Waals surface area contributed by atoms with E-state index in [0.29, 0.717) is 5.52 Å². The van der Waals surface area contributed by atoms with Crippen molar-refractivity contribution in [3.05, 3.63) is 29.7 Å². The van der Waals surface area contributed by atoms with E-state index in [1.807, 2.05) is 6.92 Å². The fourth-order valence-corrected chi connectivity index (χ4v) is 1.37. The van der Waals surface area contributed by atoms with E-state index in [-0.39, 0.29) is 5.82 Å². The zero-order chi connectivity index (χ0) is 8.55. The summed E-state index contributed by atoms with van der Waals surface area (Å²) in [5.74, 6) is -0.236. The lowest BCUT2D eigenvalue weighted by molar-refractivity contribution is 0.636. The van der Waals surface area contributed by atoms with Gasteiger partial charge in [0.25, 0.3) is 0 Å². The van der Waals surface area contributed by atoms with Gasteiger partial charge in [0, 0.05) is 5.39 Å². The van der Waals surface area contributed by atoms with Gasteiger partial charge in [0.1, 0.15) is 11.3 Å². The molecular weight excluding hydrogens is 155 g/mol. The maximum absolute atomic E-state index is 13.1. The summed E-state index contributed by atoms with van der Waals surface area (Å²) < 4.78 is 13.1. The van der Waals surface area contributed by atoms with E-state index >= 15 is 0 Å². The number of aromatic amines is 1. The van der Waals surface area contributed by atoms with Gasteiger partial charge in [-0.05, 0) is 18.1 Å². The number of aromatic nitrogens is 2. The number of fused-ring (bicyclic) bond motifs is 1. The van der Waals surface area contributed by atoms with Crippen molar-refractivity contribution >= 4 is 10.9 Å². The van der Waals surface area contributed by atoms with Crippen molar-refractivity contribution in [1.29, 1.82) is 0 Å². The zero-order valence-corrected chi connectivity index (χ0v) is 6.76. The average Bonchev–Trinajstić information content (AvgIpc) is 2.54. The summed E-state index contributed by atoms with van der Waals surface area (Å²) in [6.07, 6.45) is 2.56. The third kappa shape index (κ3) is 0.897. The van der Waals surface area contributed by atoms with Crippen LogP contribution >= 0.6 is 0 Å². The second-order valence-corrected chi connectivity index (χ2v) is 2.72. The van der Waals surface area contributed by atoms with Crippen molar-refractivity contribution in [3.63, 3.8) is 0 Å². The van der Waals surface area contributed by atoms with Gasteiger partial charge in [0.05, 0.1) is 6.20 Å². The molecule has 12 heavy (non-hydrogen) atoms. The molecule has 2 nitrogen and oxygen atoms in total. The van der Waals surface area contributed by atoms with Crippen LogP contribution in [0.3, 0.4) is 0 Å². The van der Waals surface area contributed by atoms with E-state index in [0.717, 1.165) is 17.4 Å². The van der Waals surface area contributed by atoms with Gasteiger partial charge in [-0.25, -0.2) is 4.39 Å². The molecule has 0 saturated carbocycles. The first-order chi connectivity index (χ1) is 5.83. The van der Waals surface area contributed by atoms with Gasteiger partial charge in [0.2, 0.25) is 0 Å². The van der Waals surface area contributed by atoms with E-state index in [9.17, 15) is 4.39 Å². The second-order valence-electron chi connectivity index (χ2n) is 2.72. The first-order valence-corrected chi connectivity index (χ1v) is 3.93. The summed E-state index contributed by atoms with van der Waals surface area (Å²) in [5, 5.41) is 7.33. The Bertz CT molecular complexity index is 406. The Morgan fingerprint density at radius 2 is 2.33 bits per heavy atom. The predicted octanol–water partition coefficient (Wildman–Crippen LogP) is 2.26. The first-order valence-electron chi connectivity index (χ1n) is 3.93. The molecule has 1 aromatic heterocycles. The van der Waals surface area contributed by atoms with Crippen LogP contribution in [-0.2, 0) is 6.42 Å². The Hall–Kier alpha value is -1.38. The Labute approximate surface area is 69.4 Å². The van der Waals surface area contributed by atoms with Gasteiger partial charge < -0.3 is 0 Å². The summed E-state index contributed by atoms with van der Waals surface area (Å²) in [4.78, 5) is 0. The van der Waals surface area contributed by atoms with Crippen LogP contribution in [-0.4, -0.2) is 10.2 Å². The lowest BCUT2D eigenvalue weighted by atomic mass is 10.1. The van der Waals surface area contributed by atoms with E-state index < -0.39 is 0 Å². The SMILES string of the molecule is CCc1ccc(F)c2[nH]ncc12. The van der Waals surface area contributed by atoms with E-state index in [1.165, 1.54) is 6.07 Å². The molecule has 2 aromatic rings. The Morgan fingerprint density at radius 1 is 1.50 bits per heavy atom. The molecule has 0 aliphatic heterocycles. The van der Waals surface area contributed by atoms with E-state index in [2.05, 4.69) is 10.2 Å². The molecule has 0 fully saturated rings. The van der Waals surface area contributed by atoms with Crippen LogP contribution in [0.2, 0.25) is 0 Å². The highest BCUT2D eigenvalue weighted by Crippen LogP contribution is 2.19. The van der Waals surface area contributed by atoms with Crippen LogP contribution in [0.15, 0.2) is 18.3 Å². The maximum atomic E-state index is 13.1. The minimum atomic E-state index is -0.236. The second kappa shape index (κ2) is 2.59. The fourth-order valence-electron chi connectivity index (χ4n) is 1.37. The average molecular weight is 164 g/mol. The summed E-state index contributed by atoms with van der Waals surface area (Å²) >= 11 is 0. The van der Waals surface area contributed by atoms with Crippen LogP contribution in [0.4, 0.5) is 4.39 Å². The monoisotopic (exact) mass is 164 g/mol. The zero-order valence-electron chi connectivity index (χ0n) is 6.76. The minimum Gasteiger partial charge on any atom is -0.275 e. The van der Waals surface area contributed by atoms with E-state index in [1.54, 1.807) is 12.3 Å². The van der Waals surface area contributed by atoms with Crippen LogP contribution in [0.25, 0.3) is 10.9 Å². The summed E-state index contributed by atoms with van der Waals surface area (Å²) in [6, 6.07) is 3.27. The van der Waals surface area contributed by atoms with E-state index in [4.69, 9.17) is 0 Å². The maximum Gasteiger partial charge on any atom is 0.148 e. The summed E-state index contributed by atoms with van der Waals surface area (Å²) in [7, 11) is 0. The number of aryl methyl sites for hydroxylation is 1. The number of nitrogens with zero attached hydrogens (tertiary/aromatic N) is 1. The number of nitrogens with one attached hydrogen (secondary N) is 1. The van der Waals surface area contributed by atoms with Gasteiger partial charge in [0.15, 0.2) is 0 Å². The van der Waals surface area contributed by atoms with Crippen molar-refractivity contribution in [2.75, 3.05) is 0 Å². The third-order valence-corrected chi connectivity index (χ3v) is 2.04. The standard InChI is InChI=1S/C9H9FN2/c1-2-6-3-4-8(10)9-7(6)5-11-12-9/h3-5H,2H2,1H3,(H,11,12). The third-order valence-electron chi connectivity index (χ3n) is 2.04. The van der Waals surface area contributed by atoms with Crippen LogP contribution in [0, 0.1) is 5.82 Å². The highest BCUT2D eigenvalue weighted by molar-refractivity contribution is 5.82. The largest absolute Gasteiger partial charge is 0.275 e. The normalized spacial score (nSPS) is 10.8. The van der Waals surface area contributed by atoms with Crippen molar-refractivity contribution in [1.82, 2.24) is 10.2 Å². The minimum absolute atomic E-state index is 0.236. The van der Waals surface area contributed by atoms with Gasteiger partial charge >= 0.3 is 0 Å². The topological polar surface area (TPSA) is 28.7 Å². The Morgan fingerprint density at radius 3 is 3.08 bits per heavy atom. The molecule has 1 heterocycles. The van der Waals surface area contributed by atoms with Crippen molar-refractivity contribution in [2.24, 2.45) is 0 Å². The van der Waals surface area contributed by atoms with Crippen LogP contribution < -0.4 is 0 Å². The molecule has 0 aliphatic carbocycles. The molecule has 0 amide bonds. The molecule has 1 N–H and O–H groups in total. The molecule has 0 saturated heterocycles. The van der Waals surface area contributed by atoms with Crippen molar-refractivity contribution in [3.8, 4) is 0 Å². The van der Waals surface area contributed by atoms with Gasteiger partial charge in [-0.1, -0.05) is 13.0 Å². The summed E-state index contributed by atoms with van der Waals surface area (Å²) in [5.41, 5.74) is 1.63. The van der Waals surface area contributed by atoms with Crippen LogP contribution in [0.5, 0.6) is 0 Å². The first kappa shape index (κ1) is 7.28. The van der Waals surface area contributed by atoms with Gasteiger partial charge in [-0.2, -0.15) is 5.10 Å². The molecule has 62 valence electrons. The van der Waals surface area contributed by atoms with Gasteiger partial charge in [-0.3, -0.25) is 5.10 Å².